The molecule has 1 aromatic heterocycles. The van der Waals surface area contributed by atoms with Crippen LogP contribution in [0.2, 0.25) is 5.02 Å². The molecule has 0 spiro atoms. The van der Waals surface area contributed by atoms with Gasteiger partial charge in [-0.15, -0.1) is 5.10 Å². The smallest absolute Gasteiger partial charge is 0.234 e. The average Bonchev–Trinajstić information content (AvgIpc) is 2.97. The van der Waals surface area contributed by atoms with Crippen LogP contribution in [0.4, 0.5) is 5.69 Å². The van der Waals surface area contributed by atoms with Crippen molar-refractivity contribution in [1.82, 2.24) is 9.78 Å². The molecule has 0 radical (unpaired) electrons. The number of carbonyl (C=O) groups excluding carboxylic acids is 1. The van der Waals surface area contributed by atoms with Crippen LogP contribution in [0.5, 0.6) is 0 Å². The van der Waals surface area contributed by atoms with Crippen molar-refractivity contribution in [3.8, 4) is 5.69 Å². The molecule has 3 aromatic rings. The zero-order valence-electron chi connectivity index (χ0n) is 13.2. The van der Waals surface area contributed by atoms with Gasteiger partial charge in [-0.1, -0.05) is 59.0 Å². The van der Waals surface area contributed by atoms with E-state index in [-0.39, 0.29) is 11.7 Å². The lowest BCUT2D eigenvalue weighted by Gasteiger charge is -2.07. The van der Waals surface area contributed by atoms with Crippen LogP contribution in [0, 0.1) is 10.9 Å². The fraction of sp³-hybridized carbons (Fsp3) is 0.118. The van der Waals surface area contributed by atoms with Gasteiger partial charge in [-0.3, -0.25) is 4.79 Å². The minimum atomic E-state index is -0.136. The lowest BCUT2D eigenvalue weighted by atomic mass is 10.2. The number of hydrogen-bond acceptors (Lipinski definition) is 5. The van der Waals surface area contributed by atoms with Crippen LogP contribution in [0.1, 0.15) is 5.56 Å². The molecule has 4 nitrogen and oxygen atoms in total. The van der Waals surface area contributed by atoms with Gasteiger partial charge >= 0.3 is 0 Å². The highest BCUT2D eigenvalue weighted by Gasteiger charge is 2.10. The summed E-state index contributed by atoms with van der Waals surface area (Å²) >= 11 is 14.2. The molecule has 0 saturated heterocycles. The van der Waals surface area contributed by atoms with Gasteiger partial charge in [0.25, 0.3) is 0 Å². The maximum absolute atomic E-state index is 12.1. The van der Waals surface area contributed by atoms with E-state index in [1.54, 1.807) is 10.7 Å². The fourth-order valence-electron chi connectivity index (χ4n) is 2.09. The van der Waals surface area contributed by atoms with Gasteiger partial charge in [0.05, 0.1) is 22.2 Å². The van der Waals surface area contributed by atoms with Crippen LogP contribution in [-0.2, 0) is 4.79 Å². The molecule has 0 bridgehead atoms. The van der Waals surface area contributed by atoms with Crippen LogP contribution >= 0.6 is 46.9 Å². The number of aryl methyl sites for hydroxylation is 1. The SMILES string of the molecule is Cc1ccc(NC(=O)CSc2nn(-c3ccccc3)c(=S)s2)c(Cl)c1. The number of nitrogens with zero attached hydrogens (tertiary/aromatic N) is 2. The Kier molecular flexibility index (Phi) is 5.90. The maximum Gasteiger partial charge on any atom is 0.234 e. The summed E-state index contributed by atoms with van der Waals surface area (Å²) < 4.78 is 3.10. The van der Waals surface area contributed by atoms with Gasteiger partial charge in [0.2, 0.25) is 5.91 Å². The summed E-state index contributed by atoms with van der Waals surface area (Å²) in [6.07, 6.45) is 0. The quantitative estimate of drug-likeness (QED) is 0.457. The summed E-state index contributed by atoms with van der Waals surface area (Å²) in [4.78, 5) is 12.1. The van der Waals surface area contributed by atoms with Crippen LogP contribution < -0.4 is 5.32 Å². The van der Waals surface area contributed by atoms with Crippen molar-refractivity contribution in [2.75, 3.05) is 11.1 Å². The van der Waals surface area contributed by atoms with E-state index in [1.165, 1.54) is 23.1 Å². The first kappa shape index (κ1) is 18.1. The average molecular weight is 408 g/mol. The van der Waals surface area contributed by atoms with Crippen molar-refractivity contribution in [2.24, 2.45) is 0 Å². The zero-order chi connectivity index (χ0) is 17.8. The summed E-state index contributed by atoms with van der Waals surface area (Å²) in [5, 5.41) is 7.82. The molecule has 1 heterocycles. The zero-order valence-corrected chi connectivity index (χ0v) is 16.4. The predicted octanol–water partition coefficient (Wildman–Crippen LogP) is 5.36. The highest BCUT2D eigenvalue weighted by molar-refractivity contribution is 8.01. The van der Waals surface area contributed by atoms with Gasteiger partial charge in [0, 0.05) is 0 Å². The Hall–Kier alpha value is -1.67. The number of halogens is 1. The number of aromatic nitrogens is 2. The van der Waals surface area contributed by atoms with Crippen molar-refractivity contribution in [2.45, 2.75) is 11.3 Å². The summed E-state index contributed by atoms with van der Waals surface area (Å²) in [7, 11) is 0. The first-order chi connectivity index (χ1) is 12.0. The molecule has 1 N–H and O–H groups in total. The Morgan fingerprint density at radius 2 is 2.08 bits per heavy atom. The van der Waals surface area contributed by atoms with Crippen molar-refractivity contribution < 1.29 is 4.79 Å². The third-order valence-corrected chi connectivity index (χ3v) is 5.93. The molecule has 3 rings (SSSR count). The molecule has 0 unspecified atom stereocenters. The monoisotopic (exact) mass is 407 g/mol. The van der Waals surface area contributed by atoms with Crippen LogP contribution in [0.15, 0.2) is 52.9 Å². The summed E-state index contributed by atoms with van der Waals surface area (Å²) in [5.74, 6) is 0.101. The Morgan fingerprint density at radius 3 is 2.80 bits per heavy atom. The van der Waals surface area contributed by atoms with E-state index in [0.29, 0.717) is 14.7 Å². The third-order valence-electron chi connectivity index (χ3n) is 3.26. The van der Waals surface area contributed by atoms with Gasteiger partial charge in [-0.25, -0.2) is 4.68 Å². The Bertz CT molecular complexity index is 953. The molecule has 0 aliphatic rings. The van der Waals surface area contributed by atoms with E-state index in [2.05, 4.69) is 10.4 Å². The molecule has 128 valence electrons. The van der Waals surface area contributed by atoms with E-state index in [1.807, 2.05) is 49.4 Å². The second-order valence-corrected chi connectivity index (χ2v) is 8.45. The highest BCUT2D eigenvalue weighted by atomic mass is 35.5. The molecule has 0 saturated carbocycles. The first-order valence-corrected chi connectivity index (χ1v) is 9.96. The van der Waals surface area contributed by atoms with Crippen molar-refractivity contribution in [1.29, 1.82) is 0 Å². The van der Waals surface area contributed by atoms with E-state index < -0.39 is 0 Å². The second-order valence-electron chi connectivity index (χ2n) is 5.20. The summed E-state index contributed by atoms with van der Waals surface area (Å²) in [6, 6.07) is 15.2. The number of rotatable bonds is 5. The summed E-state index contributed by atoms with van der Waals surface area (Å²) in [5.41, 5.74) is 2.57. The molecule has 0 aliphatic carbocycles. The molecular weight excluding hydrogens is 394 g/mol. The Morgan fingerprint density at radius 1 is 1.32 bits per heavy atom. The number of benzene rings is 2. The molecule has 0 atom stereocenters. The topological polar surface area (TPSA) is 46.9 Å². The van der Waals surface area contributed by atoms with E-state index in [9.17, 15) is 4.79 Å². The number of para-hydroxylation sites is 1. The van der Waals surface area contributed by atoms with Gasteiger partial charge in [-0.2, -0.15) is 0 Å². The van der Waals surface area contributed by atoms with E-state index in [0.717, 1.165) is 15.6 Å². The first-order valence-electron chi connectivity index (χ1n) is 7.37. The normalized spacial score (nSPS) is 10.6. The highest BCUT2D eigenvalue weighted by Crippen LogP contribution is 2.26. The molecular formula is C17H14ClN3OS3. The largest absolute Gasteiger partial charge is 0.324 e. The number of thioether (sulfide) groups is 1. The number of hydrogen-bond donors (Lipinski definition) is 1. The fourth-order valence-corrected chi connectivity index (χ4v) is 4.53. The standard InChI is InChI=1S/C17H14ClN3OS3/c1-11-7-8-14(13(18)9-11)19-15(22)10-24-16-20-21(17(23)25-16)12-5-3-2-4-6-12/h2-9H,10H2,1H3,(H,19,22). The van der Waals surface area contributed by atoms with Gasteiger partial charge in [-0.05, 0) is 49.0 Å². The molecule has 0 aliphatic heterocycles. The van der Waals surface area contributed by atoms with Gasteiger partial charge in [0.1, 0.15) is 0 Å². The van der Waals surface area contributed by atoms with Crippen molar-refractivity contribution in [3.63, 3.8) is 0 Å². The van der Waals surface area contributed by atoms with Gasteiger partial charge in [0.15, 0.2) is 8.29 Å². The minimum Gasteiger partial charge on any atom is -0.324 e. The molecule has 1 amide bonds. The lowest BCUT2D eigenvalue weighted by Crippen LogP contribution is -2.14. The minimum absolute atomic E-state index is 0.136. The Balaban J connectivity index is 1.64. The van der Waals surface area contributed by atoms with Gasteiger partial charge < -0.3 is 5.32 Å². The molecule has 0 fully saturated rings. The second kappa shape index (κ2) is 8.14. The molecule has 8 heteroatoms. The number of nitrogens with one attached hydrogen (secondary N) is 1. The number of anilines is 1. The summed E-state index contributed by atoms with van der Waals surface area (Å²) in [6.45, 7) is 1.95. The van der Waals surface area contributed by atoms with E-state index in [4.69, 9.17) is 23.8 Å². The predicted molar refractivity (Wildman–Crippen MR) is 108 cm³/mol. The lowest BCUT2D eigenvalue weighted by molar-refractivity contribution is -0.113. The third kappa shape index (κ3) is 4.70. The number of amides is 1. The maximum atomic E-state index is 12.1. The van der Waals surface area contributed by atoms with Crippen LogP contribution in [0.3, 0.4) is 0 Å². The van der Waals surface area contributed by atoms with E-state index >= 15 is 0 Å². The van der Waals surface area contributed by atoms with Crippen molar-refractivity contribution >= 4 is 58.5 Å². The number of carbonyl (C=O) groups is 1. The van der Waals surface area contributed by atoms with Crippen molar-refractivity contribution in [3.05, 3.63) is 63.1 Å². The molecule has 2 aromatic carbocycles. The van der Waals surface area contributed by atoms with Crippen LogP contribution in [0.25, 0.3) is 5.69 Å². The Labute approximate surface area is 163 Å². The van der Waals surface area contributed by atoms with Crippen LogP contribution in [-0.4, -0.2) is 21.4 Å². The molecule has 25 heavy (non-hydrogen) atoms.